The summed E-state index contributed by atoms with van der Waals surface area (Å²) in [7, 11) is -3.02. The minimum Gasteiger partial charge on any atom is -0.311 e. The van der Waals surface area contributed by atoms with Gasteiger partial charge in [0.15, 0.2) is 0 Å². The van der Waals surface area contributed by atoms with Crippen LogP contribution in [0.1, 0.15) is 46.5 Å². The first-order valence-corrected chi connectivity index (χ1v) is 8.79. The van der Waals surface area contributed by atoms with Crippen molar-refractivity contribution in [1.29, 1.82) is 0 Å². The third-order valence-electron chi connectivity index (χ3n) is 3.70. The lowest BCUT2D eigenvalue weighted by atomic mass is 9.95. The lowest BCUT2D eigenvalue weighted by Crippen LogP contribution is -2.47. The van der Waals surface area contributed by atoms with Crippen molar-refractivity contribution in [2.75, 3.05) is 25.9 Å². The highest BCUT2D eigenvalue weighted by molar-refractivity contribution is 7.88. The molecule has 0 radical (unpaired) electrons. The normalized spacial score (nSPS) is 23.2. The van der Waals surface area contributed by atoms with Crippen LogP contribution in [-0.2, 0) is 10.0 Å². The largest absolute Gasteiger partial charge is 0.311 e. The molecule has 0 bridgehead atoms. The SMILES string of the molecule is CCCC(C)(C)NCC1CCCN(S(C)(=O)=O)C1. The predicted molar refractivity (Wildman–Crippen MR) is 76.1 cm³/mol. The zero-order valence-electron chi connectivity index (χ0n) is 12.2. The molecule has 5 heteroatoms. The fourth-order valence-electron chi connectivity index (χ4n) is 2.63. The van der Waals surface area contributed by atoms with Gasteiger partial charge in [-0.3, -0.25) is 0 Å². The fourth-order valence-corrected chi connectivity index (χ4v) is 3.57. The van der Waals surface area contributed by atoms with Crippen LogP contribution >= 0.6 is 0 Å². The number of nitrogens with one attached hydrogen (secondary N) is 1. The van der Waals surface area contributed by atoms with Crippen molar-refractivity contribution in [3.63, 3.8) is 0 Å². The molecule has 1 heterocycles. The first-order chi connectivity index (χ1) is 8.24. The van der Waals surface area contributed by atoms with Crippen LogP contribution < -0.4 is 5.32 Å². The van der Waals surface area contributed by atoms with E-state index in [0.717, 1.165) is 25.8 Å². The summed E-state index contributed by atoms with van der Waals surface area (Å²) in [6.45, 7) is 8.90. The van der Waals surface area contributed by atoms with E-state index in [4.69, 9.17) is 0 Å². The summed E-state index contributed by atoms with van der Waals surface area (Å²) >= 11 is 0. The fraction of sp³-hybridized carbons (Fsp3) is 1.00. The van der Waals surface area contributed by atoms with Crippen LogP contribution in [0.15, 0.2) is 0 Å². The molecule has 0 spiro atoms. The number of rotatable bonds is 6. The Morgan fingerprint density at radius 3 is 2.61 bits per heavy atom. The van der Waals surface area contributed by atoms with Gasteiger partial charge in [0.05, 0.1) is 6.26 Å². The molecule has 0 aromatic carbocycles. The van der Waals surface area contributed by atoms with Gasteiger partial charge in [0.2, 0.25) is 10.0 Å². The second-order valence-corrected chi connectivity index (χ2v) is 8.13. The molecular formula is C13H28N2O2S. The standard InChI is InChI=1S/C13H28N2O2S/c1-5-8-13(2,3)14-10-12-7-6-9-15(11-12)18(4,16)17/h12,14H,5-11H2,1-4H3. The maximum atomic E-state index is 11.5. The summed E-state index contributed by atoms with van der Waals surface area (Å²) in [6, 6.07) is 0. The average molecular weight is 276 g/mol. The zero-order chi connectivity index (χ0) is 13.8. The number of nitrogens with zero attached hydrogens (tertiary/aromatic N) is 1. The van der Waals surface area contributed by atoms with Crippen LogP contribution in [0.25, 0.3) is 0 Å². The molecule has 1 atom stereocenters. The van der Waals surface area contributed by atoms with Gasteiger partial charge in [0.25, 0.3) is 0 Å². The first kappa shape index (κ1) is 15.9. The highest BCUT2D eigenvalue weighted by atomic mass is 32.2. The molecule has 18 heavy (non-hydrogen) atoms. The van der Waals surface area contributed by atoms with Crippen LogP contribution in [0.4, 0.5) is 0 Å². The zero-order valence-corrected chi connectivity index (χ0v) is 13.0. The Bertz CT molecular complexity index is 352. The van der Waals surface area contributed by atoms with Gasteiger partial charge in [-0.2, -0.15) is 0 Å². The minimum absolute atomic E-state index is 0.155. The molecule has 1 aliphatic rings. The van der Waals surface area contributed by atoms with Crippen molar-refractivity contribution in [3.05, 3.63) is 0 Å². The molecule has 1 unspecified atom stereocenters. The molecule has 1 rings (SSSR count). The van der Waals surface area contributed by atoms with E-state index in [1.54, 1.807) is 4.31 Å². The molecule has 1 N–H and O–H groups in total. The van der Waals surface area contributed by atoms with Gasteiger partial charge >= 0.3 is 0 Å². The molecule has 108 valence electrons. The van der Waals surface area contributed by atoms with E-state index < -0.39 is 10.0 Å². The lowest BCUT2D eigenvalue weighted by Gasteiger charge is -2.34. The van der Waals surface area contributed by atoms with Gasteiger partial charge in [-0.15, -0.1) is 0 Å². The maximum absolute atomic E-state index is 11.5. The molecule has 1 aliphatic heterocycles. The monoisotopic (exact) mass is 276 g/mol. The van der Waals surface area contributed by atoms with Gasteiger partial charge < -0.3 is 5.32 Å². The van der Waals surface area contributed by atoms with Crippen molar-refractivity contribution >= 4 is 10.0 Å². The Kier molecular flexibility index (Phi) is 5.62. The van der Waals surface area contributed by atoms with E-state index in [1.807, 2.05) is 0 Å². The van der Waals surface area contributed by atoms with Crippen LogP contribution in [0.3, 0.4) is 0 Å². The Balaban J connectivity index is 2.44. The Labute approximate surface area is 112 Å². The van der Waals surface area contributed by atoms with Gasteiger partial charge in [0.1, 0.15) is 0 Å². The molecule has 0 aromatic rings. The van der Waals surface area contributed by atoms with Gasteiger partial charge in [0, 0.05) is 18.6 Å². The molecule has 0 saturated carbocycles. The molecular weight excluding hydrogens is 248 g/mol. The van der Waals surface area contributed by atoms with Crippen molar-refractivity contribution in [3.8, 4) is 0 Å². The minimum atomic E-state index is -3.02. The third kappa shape index (κ3) is 5.24. The second-order valence-electron chi connectivity index (χ2n) is 6.14. The molecule has 0 aromatic heterocycles. The van der Waals surface area contributed by atoms with E-state index in [9.17, 15) is 8.42 Å². The summed E-state index contributed by atoms with van der Waals surface area (Å²) in [5.74, 6) is 0.449. The molecule has 0 amide bonds. The average Bonchev–Trinajstić information content (AvgIpc) is 2.26. The molecule has 1 saturated heterocycles. The van der Waals surface area contributed by atoms with Crippen molar-refractivity contribution in [2.45, 2.75) is 52.0 Å². The summed E-state index contributed by atoms with van der Waals surface area (Å²) in [5.41, 5.74) is 0.155. The summed E-state index contributed by atoms with van der Waals surface area (Å²) in [5, 5.41) is 3.58. The highest BCUT2D eigenvalue weighted by Crippen LogP contribution is 2.19. The lowest BCUT2D eigenvalue weighted by molar-refractivity contribution is 0.237. The van der Waals surface area contributed by atoms with Gasteiger partial charge in [-0.05, 0) is 45.6 Å². The summed E-state index contributed by atoms with van der Waals surface area (Å²) in [4.78, 5) is 0. The van der Waals surface area contributed by atoms with Crippen LogP contribution in [0, 0.1) is 5.92 Å². The quantitative estimate of drug-likeness (QED) is 0.805. The van der Waals surface area contributed by atoms with Crippen molar-refractivity contribution < 1.29 is 8.42 Å². The van der Waals surface area contributed by atoms with E-state index in [2.05, 4.69) is 26.1 Å². The van der Waals surface area contributed by atoms with Crippen molar-refractivity contribution in [2.24, 2.45) is 5.92 Å². The van der Waals surface area contributed by atoms with Crippen LogP contribution in [-0.4, -0.2) is 44.2 Å². The maximum Gasteiger partial charge on any atom is 0.211 e. The van der Waals surface area contributed by atoms with E-state index in [-0.39, 0.29) is 5.54 Å². The number of hydrogen-bond acceptors (Lipinski definition) is 3. The van der Waals surface area contributed by atoms with Crippen LogP contribution in [0.5, 0.6) is 0 Å². The highest BCUT2D eigenvalue weighted by Gasteiger charge is 2.27. The smallest absolute Gasteiger partial charge is 0.211 e. The Morgan fingerprint density at radius 1 is 1.39 bits per heavy atom. The second kappa shape index (κ2) is 6.35. The van der Waals surface area contributed by atoms with Gasteiger partial charge in [-0.1, -0.05) is 13.3 Å². The van der Waals surface area contributed by atoms with E-state index in [0.29, 0.717) is 19.0 Å². The van der Waals surface area contributed by atoms with E-state index >= 15 is 0 Å². The topological polar surface area (TPSA) is 49.4 Å². The van der Waals surface area contributed by atoms with E-state index in [1.165, 1.54) is 12.7 Å². The van der Waals surface area contributed by atoms with Gasteiger partial charge in [-0.25, -0.2) is 12.7 Å². The van der Waals surface area contributed by atoms with Crippen LogP contribution in [0.2, 0.25) is 0 Å². The number of piperidine rings is 1. The van der Waals surface area contributed by atoms with Crippen molar-refractivity contribution in [1.82, 2.24) is 9.62 Å². The Hall–Kier alpha value is -0.130. The molecule has 0 aliphatic carbocycles. The third-order valence-corrected chi connectivity index (χ3v) is 4.96. The Morgan fingerprint density at radius 2 is 2.06 bits per heavy atom. The predicted octanol–water partition coefficient (Wildman–Crippen LogP) is 1.83. The first-order valence-electron chi connectivity index (χ1n) is 6.95. The number of sulfonamides is 1. The molecule has 4 nitrogen and oxygen atoms in total. The number of hydrogen-bond donors (Lipinski definition) is 1. The summed E-state index contributed by atoms with van der Waals surface area (Å²) < 4.78 is 24.7. The summed E-state index contributed by atoms with van der Waals surface area (Å²) in [6.07, 6.45) is 5.73. The molecule has 1 fully saturated rings.